The van der Waals surface area contributed by atoms with Gasteiger partial charge in [0.1, 0.15) is 0 Å². The number of anilines is 2. The molecule has 0 saturated heterocycles. The van der Waals surface area contributed by atoms with Gasteiger partial charge in [-0.25, -0.2) is 8.42 Å². The van der Waals surface area contributed by atoms with Gasteiger partial charge in [0.05, 0.1) is 4.90 Å². The third kappa shape index (κ3) is 3.99. The lowest BCUT2D eigenvalue weighted by atomic mass is 10.1. The number of nitrogens with zero attached hydrogens (tertiary/aromatic N) is 1. The predicted octanol–water partition coefficient (Wildman–Crippen LogP) is 4.65. The number of hydrogen-bond acceptors (Lipinski definition) is 3. The number of halogens is 1. The number of carbonyl (C=O) groups is 1. The number of aryl methyl sites for hydroxylation is 1. The van der Waals surface area contributed by atoms with Crippen molar-refractivity contribution < 1.29 is 13.2 Å². The number of rotatable bonds is 4. The molecule has 0 fully saturated rings. The lowest BCUT2D eigenvalue weighted by Gasteiger charge is -2.18. The van der Waals surface area contributed by atoms with Gasteiger partial charge < -0.3 is 4.90 Å². The Kier molecular flexibility index (Phi) is 5.06. The third-order valence-corrected chi connectivity index (χ3v) is 6.53. The molecule has 5 nitrogen and oxygen atoms in total. The molecular weight excluding hydrogens is 408 g/mol. The molecule has 3 aromatic carbocycles. The van der Waals surface area contributed by atoms with Gasteiger partial charge in [0.25, 0.3) is 15.9 Å². The first-order chi connectivity index (χ1) is 13.8. The van der Waals surface area contributed by atoms with Crippen molar-refractivity contribution in [2.45, 2.75) is 18.2 Å². The van der Waals surface area contributed by atoms with Crippen LogP contribution < -0.4 is 9.62 Å². The highest BCUT2D eigenvalue weighted by Crippen LogP contribution is 2.32. The number of nitrogens with one attached hydrogen (secondary N) is 1. The smallest absolute Gasteiger partial charge is 0.261 e. The van der Waals surface area contributed by atoms with Crippen LogP contribution in [0.2, 0.25) is 5.02 Å². The lowest BCUT2D eigenvalue weighted by Crippen LogP contribution is -2.28. The van der Waals surface area contributed by atoms with E-state index in [1.54, 1.807) is 41.3 Å². The maximum Gasteiger partial charge on any atom is 0.261 e. The molecule has 0 spiro atoms. The molecule has 4 rings (SSSR count). The molecule has 0 atom stereocenters. The molecule has 1 aliphatic rings. The van der Waals surface area contributed by atoms with E-state index >= 15 is 0 Å². The second-order valence-corrected chi connectivity index (χ2v) is 9.09. The SMILES string of the molecule is Cc1ccc(C(=O)N2CCc3cc(S(=O)(=O)Nc4ccc(Cl)cc4)ccc32)cc1. The van der Waals surface area contributed by atoms with Gasteiger partial charge >= 0.3 is 0 Å². The Morgan fingerprint density at radius 2 is 1.69 bits per heavy atom. The monoisotopic (exact) mass is 426 g/mol. The summed E-state index contributed by atoms with van der Waals surface area (Å²) in [6, 6.07) is 18.7. The fourth-order valence-electron chi connectivity index (χ4n) is 3.34. The first kappa shape index (κ1) is 19.5. The maximum atomic E-state index is 12.9. The second kappa shape index (κ2) is 7.54. The van der Waals surface area contributed by atoms with Gasteiger partial charge in [0.2, 0.25) is 0 Å². The third-order valence-electron chi connectivity index (χ3n) is 4.90. The lowest BCUT2D eigenvalue weighted by molar-refractivity contribution is 0.0989. The molecule has 1 amide bonds. The van der Waals surface area contributed by atoms with Gasteiger partial charge in [-0.3, -0.25) is 9.52 Å². The highest BCUT2D eigenvalue weighted by molar-refractivity contribution is 7.92. The molecule has 29 heavy (non-hydrogen) atoms. The number of hydrogen-bond donors (Lipinski definition) is 1. The zero-order chi connectivity index (χ0) is 20.6. The van der Waals surface area contributed by atoms with Gasteiger partial charge in [-0.15, -0.1) is 0 Å². The topological polar surface area (TPSA) is 66.5 Å². The van der Waals surface area contributed by atoms with Crippen molar-refractivity contribution in [1.29, 1.82) is 0 Å². The zero-order valence-electron chi connectivity index (χ0n) is 15.7. The minimum atomic E-state index is -3.74. The predicted molar refractivity (Wildman–Crippen MR) is 115 cm³/mol. The van der Waals surface area contributed by atoms with Gasteiger partial charge in [0.15, 0.2) is 0 Å². The largest absolute Gasteiger partial charge is 0.308 e. The summed E-state index contributed by atoms with van der Waals surface area (Å²) in [7, 11) is -3.74. The van der Waals surface area contributed by atoms with Crippen molar-refractivity contribution >= 4 is 38.9 Å². The summed E-state index contributed by atoms with van der Waals surface area (Å²) in [5.41, 5.74) is 3.73. The van der Waals surface area contributed by atoms with E-state index in [1.165, 1.54) is 6.07 Å². The van der Waals surface area contributed by atoms with E-state index in [-0.39, 0.29) is 10.8 Å². The molecule has 0 aromatic heterocycles. The van der Waals surface area contributed by atoms with E-state index in [9.17, 15) is 13.2 Å². The number of benzene rings is 3. The summed E-state index contributed by atoms with van der Waals surface area (Å²) in [6.45, 7) is 2.50. The Balaban J connectivity index is 1.58. The van der Waals surface area contributed by atoms with E-state index < -0.39 is 10.0 Å². The fraction of sp³-hybridized carbons (Fsp3) is 0.136. The normalized spacial score (nSPS) is 13.2. The summed E-state index contributed by atoms with van der Waals surface area (Å²) in [4.78, 5) is 14.7. The molecule has 0 radical (unpaired) electrons. The molecule has 1 heterocycles. The van der Waals surface area contributed by atoms with Crippen LogP contribution in [-0.4, -0.2) is 20.9 Å². The number of fused-ring (bicyclic) bond motifs is 1. The highest BCUT2D eigenvalue weighted by Gasteiger charge is 2.27. The van der Waals surface area contributed by atoms with E-state index in [0.29, 0.717) is 29.2 Å². The number of carbonyl (C=O) groups excluding carboxylic acids is 1. The standard InChI is InChI=1S/C22H19ClN2O3S/c1-15-2-4-16(5-3-15)22(26)25-13-12-17-14-20(10-11-21(17)25)29(27,28)24-19-8-6-18(23)7-9-19/h2-11,14,24H,12-13H2,1H3. The van der Waals surface area contributed by atoms with E-state index in [1.807, 2.05) is 31.2 Å². The van der Waals surface area contributed by atoms with Crippen molar-refractivity contribution in [3.63, 3.8) is 0 Å². The maximum absolute atomic E-state index is 12.9. The van der Waals surface area contributed by atoms with Crippen LogP contribution in [0.3, 0.4) is 0 Å². The van der Waals surface area contributed by atoms with Gasteiger partial charge in [0, 0.05) is 28.5 Å². The summed E-state index contributed by atoms with van der Waals surface area (Å²) < 4.78 is 28.0. The van der Waals surface area contributed by atoms with Gasteiger partial charge in [-0.2, -0.15) is 0 Å². The Bertz CT molecular complexity index is 1170. The molecule has 1 N–H and O–H groups in total. The first-order valence-corrected chi connectivity index (χ1v) is 11.0. The average Bonchev–Trinajstić information content (AvgIpc) is 3.13. The molecule has 7 heteroatoms. The van der Waals surface area contributed by atoms with Crippen molar-refractivity contribution in [3.05, 3.63) is 88.4 Å². The molecule has 0 saturated carbocycles. The molecule has 3 aromatic rings. The highest BCUT2D eigenvalue weighted by atomic mass is 35.5. The molecule has 0 unspecified atom stereocenters. The van der Waals surface area contributed by atoms with Crippen molar-refractivity contribution in [2.24, 2.45) is 0 Å². The fourth-order valence-corrected chi connectivity index (χ4v) is 4.58. The number of sulfonamides is 1. The molecule has 1 aliphatic heterocycles. The van der Waals surface area contributed by atoms with Crippen LogP contribution >= 0.6 is 11.6 Å². The van der Waals surface area contributed by atoms with Crippen LogP contribution in [0.4, 0.5) is 11.4 Å². The van der Waals surface area contributed by atoms with Gasteiger partial charge in [-0.1, -0.05) is 29.3 Å². The summed E-state index contributed by atoms with van der Waals surface area (Å²) in [6.07, 6.45) is 0.608. The van der Waals surface area contributed by atoms with Crippen LogP contribution in [0.5, 0.6) is 0 Å². The van der Waals surface area contributed by atoms with Crippen molar-refractivity contribution in [1.82, 2.24) is 0 Å². The van der Waals surface area contributed by atoms with Crippen LogP contribution in [0, 0.1) is 6.92 Å². The minimum Gasteiger partial charge on any atom is -0.308 e. The Labute approximate surface area is 175 Å². The Morgan fingerprint density at radius 3 is 2.38 bits per heavy atom. The van der Waals surface area contributed by atoms with Crippen LogP contribution in [0.15, 0.2) is 71.6 Å². The first-order valence-electron chi connectivity index (χ1n) is 9.13. The average molecular weight is 427 g/mol. The van der Waals surface area contributed by atoms with Crippen molar-refractivity contribution in [3.8, 4) is 0 Å². The van der Waals surface area contributed by atoms with Gasteiger partial charge in [-0.05, 0) is 73.5 Å². The molecule has 0 aliphatic carbocycles. The Morgan fingerprint density at radius 1 is 1.00 bits per heavy atom. The minimum absolute atomic E-state index is 0.0846. The molecule has 0 bridgehead atoms. The van der Waals surface area contributed by atoms with E-state index in [0.717, 1.165) is 16.8 Å². The molecule has 148 valence electrons. The van der Waals surface area contributed by atoms with Crippen LogP contribution in [-0.2, 0) is 16.4 Å². The number of amides is 1. The summed E-state index contributed by atoms with van der Waals surface area (Å²) in [5.74, 6) is -0.0846. The second-order valence-electron chi connectivity index (χ2n) is 6.98. The van der Waals surface area contributed by atoms with Crippen LogP contribution in [0.1, 0.15) is 21.5 Å². The van der Waals surface area contributed by atoms with Crippen LogP contribution in [0.25, 0.3) is 0 Å². The molecular formula is C22H19ClN2O3S. The summed E-state index contributed by atoms with van der Waals surface area (Å²) in [5, 5.41) is 0.531. The van der Waals surface area contributed by atoms with E-state index in [4.69, 9.17) is 11.6 Å². The summed E-state index contributed by atoms with van der Waals surface area (Å²) >= 11 is 5.85. The van der Waals surface area contributed by atoms with E-state index in [2.05, 4.69) is 4.72 Å². The quantitative estimate of drug-likeness (QED) is 0.660. The Hall–Kier alpha value is -2.83. The zero-order valence-corrected chi connectivity index (χ0v) is 17.3. The van der Waals surface area contributed by atoms with Crippen molar-refractivity contribution in [2.75, 3.05) is 16.2 Å².